The van der Waals surface area contributed by atoms with Crippen molar-refractivity contribution in [2.45, 2.75) is 32.2 Å². The van der Waals surface area contributed by atoms with Crippen LogP contribution in [0.4, 0.5) is 4.39 Å². The number of carbonyl (C=O) groups is 2. The summed E-state index contributed by atoms with van der Waals surface area (Å²) in [4.78, 5) is 30.9. The Morgan fingerprint density at radius 1 is 1.05 bits per heavy atom. The Hall–Kier alpha value is -4.03. The van der Waals surface area contributed by atoms with Gasteiger partial charge in [-0.05, 0) is 67.2 Å². The second kappa shape index (κ2) is 11.2. The summed E-state index contributed by atoms with van der Waals surface area (Å²) in [6.07, 6.45) is 3.74. The molecule has 0 fully saturated rings. The number of hydrogen-bond donors (Lipinski definition) is 1. The van der Waals surface area contributed by atoms with E-state index in [1.54, 1.807) is 18.2 Å². The summed E-state index contributed by atoms with van der Waals surface area (Å²) in [6.45, 7) is 1.46. The quantitative estimate of drug-likeness (QED) is 0.275. The Labute approximate surface area is 225 Å². The summed E-state index contributed by atoms with van der Waals surface area (Å²) in [5, 5.41) is 3.82. The lowest BCUT2D eigenvalue weighted by Crippen LogP contribution is -2.31. The third kappa shape index (κ3) is 5.31. The SMILES string of the molecule is C[C@H](NC(=O)COC(=O)c1c2c(nc3ccccc13)/C(=C\c1c(F)cccc1Cl)CCC2)c1ccccc1. The zero-order valence-electron chi connectivity index (χ0n) is 20.8. The lowest BCUT2D eigenvalue weighted by atomic mass is 9.86. The van der Waals surface area contributed by atoms with Crippen LogP contribution >= 0.6 is 11.6 Å². The van der Waals surface area contributed by atoms with Gasteiger partial charge in [0.2, 0.25) is 0 Å². The standard InChI is InChI=1S/C31H26ClFN2O3/c1-19(20-9-3-2-4-10-20)34-28(36)18-38-31(37)29-22-12-5-6-16-27(22)35-30-21(11-7-13-23(29)30)17-24-25(32)14-8-15-26(24)33/h2-6,8-10,12,14-17,19H,7,11,13,18H2,1H3,(H,34,36)/b21-17-/t19-/m0/s1. The molecule has 0 aliphatic heterocycles. The minimum atomic E-state index is -0.590. The minimum absolute atomic E-state index is 0.227. The number of amides is 1. The van der Waals surface area contributed by atoms with Crippen molar-refractivity contribution in [1.29, 1.82) is 0 Å². The fourth-order valence-corrected chi connectivity index (χ4v) is 5.06. The number of halogens is 2. The first-order valence-corrected chi connectivity index (χ1v) is 12.9. The maximum absolute atomic E-state index is 14.6. The number of hydrogen-bond acceptors (Lipinski definition) is 4. The Kier molecular flexibility index (Phi) is 7.52. The van der Waals surface area contributed by atoms with Crippen LogP contribution in [0.2, 0.25) is 5.02 Å². The van der Waals surface area contributed by atoms with Crippen molar-refractivity contribution < 1.29 is 18.7 Å². The van der Waals surface area contributed by atoms with Crippen molar-refractivity contribution >= 4 is 46.0 Å². The Morgan fingerprint density at radius 3 is 2.61 bits per heavy atom. The zero-order chi connectivity index (χ0) is 26.6. The summed E-state index contributed by atoms with van der Waals surface area (Å²) >= 11 is 6.28. The first-order chi connectivity index (χ1) is 18.4. The van der Waals surface area contributed by atoms with Gasteiger partial charge in [-0.1, -0.05) is 66.2 Å². The normalized spacial score (nSPS) is 14.7. The molecule has 1 heterocycles. The molecule has 38 heavy (non-hydrogen) atoms. The molecular weight excluding hydrogens is 503 g/mol. The van der Waals surface area contributed by atoms with Crippen molar-refractivity contribution in [3.8, 4) is 0 Å². The smallest absolute Gasteiger partial charge is 0.339 e. The van der Waals surface area contributed by atoms with Gasteiger partial charge < -0.3 is 10.1 Å². The average molecular weight is 529 g/mol. The van der Waals surface area contributed by atoms with E-state index in [-0.39, 0.29) is 6.04 Å². The molecule has 1 N–H and O–H groups in total. The van der Waals surface area contributed by atoms with E-state index in [2.05, 4.69) is 5.32 Å². The number of nitrogens with one attached hydrogen (secondary N) is 1. The van der Waals surface area contributed by atoms with Crippen LogP contribution in [-0.4, -0.2) is 23.5 Å². The van der Waals surface area contributed by atoms with Crippen LogP contribution in [0.15, 0.2) is 72.8 Å². The zero-order valence-corrected chi connectivity index (χ0v) is 21.6. The number of nitrogens with zero attached hydrogens (tertiary/aromatic N) is 1. The molecule has 0 saturated heterocycles. The summed E-state index contributed by atoms with van der Waals surface area (Å²) < 4.78 is 20.1. The van der Waals surface area contributed by atoms with Gasteiger partial charge in [-0.3, -0.25) is 4.79 Å². The number of fused-ring (bicyclic) bond motifs is 2. The van der Waals surface area contributed by atoms with Gasteiger partial charge in [-0.15, -0.1) is 0 Å². The predicted octanol–water partition coefficient (Wildman–Crippen LogP) is 6.94. The van der Waals surface area contributed by atoms with E-state index in [0.717, 1.165) is 23.1 Å². The van der Waals surface area contributed by atoms with Crippen molar-refractivity contribution in [2.75, 3.05) is 6.61 Å². The minimum Gasteiger partial charge on any atom is -0.452 e. The van der Waals surface area contributed by atoms with Crippen LogP contribution in [-0.2, 0) is 16.0 Å². The third-order valence-electron chi connectivity index (χ3n) is 6.70. The van der Waals surface area contributed by atoms with E-state index in [1.165, 1.54) is 6.07 Å². The predicted molar refractivity (Wildman–Crippen MR) is 147 cm³/mol. The molecule has 0 bridgehead atoms. The van der Waals surface area contributed by atoms with Gasteiger partial charge in [0.1, 0.15) is 5.82 Å². The number of allylic oxidation sites excluding steroid dienone is 1. The first-order valence-electron chi connectivity index (χ1n) is 12.5. The largest absolute Gasteiger partial charge is 0.452 e. The van der Waals surface area contributed by atoms with Crippen LogP contribution < -0.4 is 5.32 Å². The number of ether oxygens (including phenoxy) is 1. The summed E-state index contributed by atoms with van der Waals surface area (Å²) in [5.74, 6) is -1.41. The average Bonchev–Trinajstić information content (AvgIpc) is 2.93. The Bertz CT molecular complexity index is 1530. The fraction of sp³-hybridized carbons (Fsp3) is 0.194. The monoisotopic (exact) mass is 528 g/mol. The maximum Gasteiger partial charge on any atom is 0.339 e. The molecule has 7 heteroatoms. The van der Waals surface area contributed by atoms with Gasteiger partial charge in [-0.2, -0.15) is 0 Å². The van der Waals surface area contributed by atoms with Gasteiger partial charge in [-0.25, -0.2) is 14.2 Å². The highest BCUT2D eigenvalue weighted by molar-refractivity contribution is 6.32. The highest BCUT2D eigenvalue weighted by atomic mass is 35.5. The van der Waals surface area contributed by atoms with E-state index in [9.17, 15) is 14.0 Å². The van der Waals surface area contributed by atoms with Gasteiger partial charge in [0.25, 0.3) is 5.91 Å². The molecule has 0 radical (unpaired) electrons. The molecule has 5 rings (SSSR count). The fourth-order valence-electron chi connectivity index (χ4n) is 4.84. The van der Waals surface area contributed by atoms with Crippen LogP contribution in [0, 0.1) is 5.82 Å². The second-order valence-electron chi connectivity index (χ2n) is 9.27. The molecule has 1 atom stereocenters. The number of benzene rings is 3. The van der Waals surface area contributed by atoms with Crippen LogP contribution in [0.1, 0.15) is 58.5 Å². The van der Waals surface area contributed by atoms with Crippen molar-refractivity contribution in [2.24, 2.45) is 0 Å². The van der Waals surface area contributed by atoms with E-state index in [0.29, 0.717) is 45.6 Å². The lowest BCUT2D eigenvalue weighted by Gasteiger charge is -2.22. The third-order valence-corrected chi connectivity index (χ3v) is 7.03. The molecular formula is C31H26ClFN2O3. The summed E-state index contributed by atoms with van der Waals surface area (Å²) in [6, 6.07) is 21.2. The molecule has 1 aliphatic carbocycles. The van der Waals surface area contributed by atoms with E-state index in [1.807, 2.05) is 61.5 Å². The second-order valence-corrected chi connectivity index (χ2v) is 9.67. The number of para-hydroxylation sites is 1. The highest BCUT2D eigenvalue weighted by Gasteiger charge is 2.27. The van der Waals surface area contributed by atoms with Crippen molar-refractivity contribution in [3.63, 3.8) is 0 Å². The Morgan fingerprint density at radius 2 is 1.82 bits per heavy atom. The van der Waals surface area contributed by atoms with E-state index >= 15 is 0 Å². The summed E-state index contributed by atoms with van der Waals surface area (Å²) in [5.41, 5.74) is 4.41. The molecule has 0 saturated carbocycles. The lowest BCUT2D eigenvalue weighted by molar-refractivity contribution is -0.124. The van der Waals surface area contributed by atoms with Gasteiger partial charge in [0.15, 0.2) is 6.61 Å². The number of esters is 1. The van der Waals surface area contributed by atoms with Crippen LogP contribution in [0.5, 0.6) is 0 Å². The van der Waals surface area contributed by atoms with Gasteiger partial charge in [0, 0.05) is 10.9 Å². The number of carbonyl (C=O) groups excluding carboxylic acids is 2. The molecule has 192 valence electrons. The summed E-state index contributed by atoms with van der Waals surface area (Å²) in [7, 11) is 0. The van der Waals surface area contributed by atoms with Crippen LogP contribution in [0.25, 0.3) is 22.6 Å². The number of pyridine rings is 1. The molecule has 5 nitrogen and oxygen atoms in total. The molecule has 1 aromatic heterocycles. The molecule has 1 aliphatic rings. The topological polar surface area (TPSA) is 68.3 Å². The Balaban J connectivity index is 1.45. The van der Waals surface area contributed by atoms with Gasteiger partial charge >= 0.3 is 5.97 Å². The van der Waals surface area contributed by atoms with Crippen molar-refractivity contribution in [3.05, 3.63) is 112 Å². The van der Waals surface area contributed by atoms with Crippen LogP contribution in [0.3, 0.4) is 0 Å². The molecule has 0 spiro atoms. The highest BCUT2D eigenvalue weighted by Crippen LogP contribution is 2.37. The molecule has 3 aromatic carbocycles. The molecule has 0 unspecified atom stereocenters. The molecule has 1 amide bonds. The maximum atomic E-state index is 14.6. The number of aromatic nitrogens is 1. The molecule has 4 aromatic rings. The van der Waals surface area contributed by atoms with Crippen molar-refractivity contribution in [1.82, 2.24) is 10.3 Å². The van der Waals surface area contributed by atoms with E-state index in [4.69, 9.17) is 21.3 Å². The van der Waals surface area contributed by atoms with E-state index < -0.39 is 24.3 Å². The first kappa shape index (κ1) is 25.6. The van der Waals surface area contributed by atoms with Gasteiger partial charge in [0.05, 0.1) is 27.8 Å². The number of rotatable bonds is 6.